The molecular weight excluding hydrogens is 432 g/mol. The lowest BCUT2D eigenvalue weighted by Crippen LogP contribution is -1.95. The average molecular weight is 453 g/mol. The normalized spacial score (nSPS) is 11.4. The van der Waals surface area contributed by atoms with Crippen molar-refractivity contribution < 1.29 is 0 Å². The van der Waals surface area contributed by atoms with Crippen LogP contribution in [0.25, 0.3) is 21.5 Å². The molecule has 0 saturated heterocycles. The fraction of sp³-hybridized carbons (Fsp3) is 0.0357. The quantitative estimate of drug-likeness (QED) is 0.164. The smallest absolute Gasteiger partial charge is 0.0561 e. The Morgan fingerprint density at radius 3 is 1.88 bits per heavy atom. The van der Waals surface area contributed by atoms with Crippen molar-refractivity contribution in [2.45, 2.75) is 16.7 Å². The van der Waals surface area contributed by atoms with Gasteiger partial charge in [-0.3, -0.25) is 5.43 Å². The highest BCUT2D eigenvalue weighted by molar-refractivity contribution is 7.99. The fourth-order valence-electron chi connectivity index (χ4n) is 3.79. The maximum absolute atomic E-state index is 6.10. The maximum atomic E-state index is 6.10. The summed E-state index contributed by atoms with van der Waals surface area (Å²) >= 11 is 7.86. The molecule has 4 heteroatoms. The van der Waals surface area contributed by atoms with Gasteiger partial charge < -0.3 is 0 Å². The van der Waals surface area contributed by atoms with Gasteiger partial charge >= 0.3 is 0 Å². The van der Waals surface area contributed by atoms with E-state index in [2.05, 4.69) is 90.2 Å². The zero-order valence-corrected chi connectivity index (χ0v) is 19.1. The van der Waals surface area contributed by atoms with Crippen LogP contribution in [0, 0.1) is 6.92 Å². The summed E-state index contributed by atoms with van der Waals surface area (Å²) in [6, 6.07) is 33.3. The number of rotatable bonds is 5. The number of nitrogens with one attached hydrogen (secondary N) is 1. The number of halogens is 1. The Kier molecular flexibility index (Phi) is 5.85. The molecule has 1 N–H and O–H groups in total. The fourth-order valence-corrected chi connectivity index (χ4v) is 5.00. The Hall–Kier alpha value is -3.27. The van der Waals surface area contributed by atoms with E-state index < -0.39 is 0 Å². The zero-order chi connectivity index (χ0) is 21.9. The van der Waals surface area contributed by atoms with Crippen molar-refractivity contribution in [2.24, 2.45) is 5.10 Å². The van der Waals surface area contributed by atoms with E-state index in [1.54, 1.807) is 11.8 Å². The Balaban J connectivity index is 1.62. The lowest BCUT2D eigenvalue weighted by Gasteiger charge is -2.14. The molecule has 2 nitrogen and oxygen atoms in total. The number of fused-ring (bicyclic) bond motifs is 2. The molecule has 5 aromatic rings. The van der Waals surface area contributed by atoms with Gasteiger partial charge in [0.2, 0.25) is 0 Å². The molecule has 0 fully saturated rings. The van der Waals surface area contributed by atoms with Crippen molar-refractivity contribution in [2.75, 3.05) is 5.43 Å². The van der Waals surface area contributed by atoms with Crippen LogP contribution in [0.15, 0.2) is 112 Å². The van der Waals surface area contributed by atoms with Gasteiger partial charge in [-0.2, -0.15) is 5.10 Å². The monoisotopic (exact) mass is 452 g/mol. The van der Waals surface area contributed by atoms with Crippen LogP contribution < -0.4 is 5.43 Å². The second kappa shape index (κ2) is 9.07. The lowest BCUT2D eigenvalue weighted by molar-refractivity contribution is 1.34. The van der Waals surface area contributed by atoms with Crippen molar-refractivity contribution in [3.05, 3.63) is 113 Å². The minimum Gasteiger partial charge on any atom is -0.279 e. The van der Waals surface area contributed by atoms with E-state index in [9.17, 15) is 0 Å². The SMILES string of the molecule is Cc1ccc(NN=Cc2c3ccccc3c(Sc3ccc(Cl)cc3)c3ccccc23)cc1. The summed E-state index contributed by atoms with van der Waals surface area (Å²) in [4.78, 5) is 2.40. The Bertz CT molecular complexity index is 1370. The maximum Gasteiger partial charge on any atom is 0.0561 e. The van der Waals surface area contributed by atoms with Gasteiger partial charge in [-0.15, -0.1) is 0 Å². The Morgan fingerprint density at radius 2 is 1.28 bits per heavy atom. The minimum absolute atomic E-state index is 0.747. The first-order valence-electron chi connectivity index (χ1n) is 10.4. The number of anilines is 1. The molecule has 0 saturated carbocycles. The van der Waals surface area contributed by atoms with E-state index in [0.717, 1.165) is 21.2 Å². The van der Waals surface area contributed by atoms with Gasteiger partial charge in [-0.1, -0.05) is 89.6 Å². The predicted molar refractivity (Wildman–Crippen MR) is 139 cm³/mol. The van der Waals surface area contributed by atoms with Gasteiger partial charge in [0, 0.05) is 20.4 Å². The molecule has 0 aliphatic carbocycles. The molecule has 0 aliphatic rings. The van der Waals surface area contributed by atoms with Crippen molar-refractivity contribution in [3.63, 3.8) is 0 Å². The van der Waals surface area contributed by atoms with E-state index >= 15 is 0 Å². The van der Waals surface area contributed by atoms with Gasteiger partial charge in [-0.05, 0) is 64.9 Å². The first kappa shape index (κ1) is 20.6. The Labute approximate surface area is 196 Å². The van der Waals surface area contributed by atoms with Gasteiger partial charge in [0.15, 0.2) is 0 Å². The highest BCUT2D eigenvalue weighted by Gasteiger charge is 2.13. The largest absolute Gasteiger partial charge is 0.279 e. The topological polar surface area (TPSA) is 24.4 Å². The molecule has 32 heavy (non-hydrogen) atoms. The van der Waals surface area contributed by atoms with Gasteiger partial charge in [-0.25, -0.2) is 0 Å². The van der Waals surface area contributed by atoms with E-state index in [1.165, 1.54) is 32.0 Å². The third-order valence-electron chi connectivity index (χ3n) is 5.40. The molecule has 0 spiro atoms. The number of nitrogens with zero attached hydrogens (tertiary/aromatic N) is 1. The van der Waals surface area contributed by atoms with Crippen molar-refractivity contribution in [1.82, 2.24) is 0 Å². The average Bonchev–Trinajstić information content (AvgIpc) is 2.83. The number of hydrazone groups is 1. The summed E-state index contributed by atoms with van der Waals surface area (Å²) in [5, 5.41) is 10.1. The molecular formula is C28H21ClN2S. The lowest BCUT2D eigenvalue weighted by atomic mass is 9.97. The zero-order valence-electron chi connectivity index (χ0n) is 17.5. The summed E-state index contributed by atoms with van der Waals surface area (Å²) in [7, 11) is 0. The summed E-state index contributed by atoms with van der Waals surface area (Å²) in [6.45, 7) is 2.08. The first-order valence-corrected chi connectivity index (χ1v) is 11.6. The molecule has 0 heterocycles. The summed E-state index contributed by atoms with van der Waals surface area (Å²) in [6.07, 6.45) is 1.93. The highest BCUT2D eigenvalue weighted by Crippen LogP contribution is 2.41. The van der Waals surface area contributed by atoms with Crippen LogP contribution in [0.2, 0.25) is 5.02 Å². The minimum atomic E-state index is 0.747. The first-order chi connectivity index (χ1) is 15.7. The number of hydrogen-bond acceptors (Lipinski definition) is 3. The van der Waals surface area contributed by atoms with Gasteiger partial charge in [0.25, 0.3) is 0 Å². The second-order valence-corrected chi connectivity index (χ2v) is 9.15. The standard InChI is InChI=1S/C28H21ClN2S/c1-19-10-14-21(15-11-19)31-30-18-27-23-6-2-4-8-25(23)28(26-9-5-3-7-24(26)27)32-22-16-12-20(29)13-17-22/h2-18,31H,1H3. The third-order valence-corrected chi connectivity index (χ3v) is 6.80. The van der Waals surface area contributed by atoms with E-state index in [-0.39, 0.29) is 0 Å². The van der Waals surface area contributed by atoms with Crippen molar-refractivity contribution in [3.8, 4) is 0 Å². The molecule has 5 aromatic carbocycles. The number of benzene rings is 5. The molecule has 5 rings (SSSR count). The predicted octanol–water partition coefficient (Wildman–Crippen LogP) is 8.55. The van der Waals surface area contributed by atoms with Crippen molar-refractivity contribution >= 4 is 56.8 Å². The van der Waals surface area contributed by atoms with Crippen LogP contribution in [-0.2, 0) is 0 Å². The third kappa shape index (κ3) is 4.22. The number of aryl methyl sites for hydroxylation is 1. The molecule has 0 aromatic heterocycles. The molecule has 0 aliphatic heterocycles. The summed E-state index contributed by atoms with van der Waals surface area (Å²) in [5.74, 6) is 0. The molecule has 156 valence electrons. The van der Waals surface area contributed by atoms with E-state index in [0.29, 0.717) is 0 Å². The van der Waals surface area contributed by atoms with Crippen LogP contribution in [0.5, 0.6) is 0 Å². The van der Waals surface area contributed by atoms with Crippen molar-refractivity contribution in [1.29, 1.82) is 0 Å². The molecule has 0 amide bonds. The molecule has 0 radical (unpaired) electrons. The van der Waals surface area contributed by atoms with Crippen LogP contribution in [0.3, 0.4) is 0 Å². The van der Waals surface area contributed by atoms with Crippen LogP contribution in [-0.4, -0.2) is 6.21 Å². The van der Waals surface area contributed by atoms with Crippen LogP contribution in [0.4, 0.5) is 5.69 Å². The van der Waals surface area contributed by atoms with Crippen LogP contribution in [0.1, 0.15) is 11.1 Å². The van der Waals surface area contributed by atoms with Gasteiger partial charge in [0.1, 0.15) is 0 Å². The van der Waals surface area contributed by atoms with E-state index in [1.807, 2.05) is 30.5 Å². The Morgan fingerprint density at radius 1 is 0.719 bits per heavy atom. The highest BCUT2D eigenvalue weighted by atomic mass is 35.5. The van der Waals surface area contributed by atoms with Crippen LogP contribution >= 0.6 is 23.4 Å². The number of hydrogen-bond donors (Lipinski definition) is 1. The van der Waals surface area contributed by atoms with E-state index in [4.69, 9.17) is 11.6 Å². The molecule has 0 atom stereocenters. The molecule has 0 unspecified atom stereocenters. The summed E-state index contributed by atoms with van der Waals surface area (Å²) in [5.41, 5.74) is 6.46. The second-order valence-electron chi connectivity index (χ2n) is 7.63. The summed E-state index contributed by atoms with van der Waals surface area (Å²) < 4.78 is 0. The molecule has 0 bridgehead atoms. The van der Waals surface area contributed by atoms with Gasteiger partial charge in [0.05, 0.1) is 11.9 Å².